The molecule has 0 saturated heterocycles. The topological polar surface area (TPSA) is 77.6 Å². The van der Waals surface area contributed by atoms with Crippen LogP contribution < -0.4 is 0 Å². The lowest BCUT2D eigenvalue weighted by atomic mass is 10.0. The van der Waals surface area contributed by atoms with Gasteiger partial charge < -0.3 is 18.6 Å². The predicted molar refractivity (Wildman–Crippen MR) is 80.7 cm³/mol. The van der Waals surface area contributed by atoms with Crippen LogP contribution in [0.3, 0.4) is 0 Å². The fraction of sp³-hybridized carbons (Fsp3) is 0.438. The summed E-state index contributed by atoms with van der Waals surface area (Å²) in [6, 6.07) is 2.77. The second-order valence-electron chi connectivity index (χ2n) is 5.79. The third-order valence-corrected chi connectivity index (χ3v) is 4.09. The Labute approximate surface area is 133 Å². The van der Waals surface area contributed by atoms with Crippen molar-refractivity contribution in [2.45, 2.75) is 38.9 Å². The number of fused-ring (bicyclic) bond motifs is 1. The molecule has 0 spiro atoms. The summed E-state index contributed by atoms with van der Waals surface area (Å²) in [6.07, 6.45) is 3.53. The van der Waals surface area contributed by atoms with Gasteiger partial charge in [0.2, 0.25) is 0 Å². The van der Waals surface area contributed by atoms with Crippen molar-refractivity contribution in [2.75, 3.05) is 7.11 Å². The van der Waals surface area contributed by atoms with Crippen molar-refractivity contribution in [3.63, 3.8) is 0 Å². The van der Waals surface area contributed by atoms with E-state index in [2.05, 4.69) is 4.98 Å². The van der Waals surface area contributed by atoms with E-state index in [1.54, 1.807) is 18.5 Å². The van der Waals surface area contributed by atoms with Gasteiger partial charge in [-0.3, -0.25) is 4.79 Å². The molecular formula is C16H19N3O4. The van der Waals surface area contributed by atoms with Gasteiger partial charge in [-0.2, -0.15) is 0 Å². The molecule has 7 heteroatoms. The average molecular weight is 317 g/mol. The largest absolute Gasteiger partial charge is 0.467 e. The van der Waals surface area contributed by atoms with Gasteiger partial charge in [0.15, 0.2) is 5.76 Å². The Kier molecular flexibility index (Phi) is 3.94. The van der Waals surface area contributed by atoms with E-state index in [-0.39, 0.29) is 17.7 Å². The number of carbonyl (C=O) groups is 2. The van der Waals surface area contributed by atoms with E-state index in [9.17, 15) is 9.59 Å². The number of nitrogens with zero attached hydrogens (tertiary/aromatic N) is 3. The number of carbonyl (C=O) groups excluding carboxylic acids is 2. The maximum absolute atomic E-state index is 12.7. The van der Waals surface area contributed by atoms with Crippen LogP contribution >= 0.6 is 0 Å². The van der Waals surface area contributed by atoms with Crippen LogP contribution in [-0.4, -0.2) is 39.5 Å². The van der Waals surface area contributed by atoms with Crippen LogP contribution in [0.2, 0.25) is 0 Å². The average Bonchev–Trinajstić information content (AvgIpc) is 3.21. The number of furan rings is 1. The van der Waals surface area contributed by atoms with Gasteiger partial charge in [0, 0.05) is 12.5 Å². The predicted octanol–water partition coefficient (Wildman–Crippen LogP) is 1.80. The molecular weight excluding hydrogens is 298 g/mol. The number of esters is 1. The lowest BCUT2D eigenvalue weighted by molar-refractivity contribution is -0.146. The summed E-state index contributed by atoms with van der Waals surface area (Å²) in [5.74, 6) is -0.569. The zero-order valence-corrected chi connectivity index (χ0v) is 13.4. The number of methoxy groups -OCH3 is 1. The van der Waals surface area contributed by atoms with Crippen molar-refractivity contribution in [2.24, 2.45) is 0 Å². The second kappa shape index (κ2) is 5.91. The van der Waals surface area contributed by atoms with Crippen molar-refractivity contribution in [3.8, 4) is 0 Å². The smallest absolute Gasteiger partial charge is 0.329 e. The van der Waals surface area contributed by atoms with Crippen molar-refractivity contribution >= 4 is 11.9 Å². The molecule has 0 radical (unpaired) electrons. The van der Waals surface area contributed by atoms with E-state index in [1.165, 1.54) is 18.3 Å². The molecule has 2 aromatic heterocycles. The first kappa shape index (κ1) is 15.3. The third-order valence-electron chi connectivity index (χ3n) is 4.09. The number of hydrogen-bond acceptors (Lipinski definition) is 5. The van der Waals surface area contributed by atoms with Crippen molar-refractivity contribution < 1.29 is 18.7 Å². The Bertz CT molecular complexity index is 718. The van der Waals surface area contributed by atoms with E-state index < -0.39 is 12.0 Å². The number of ether oxygens (including phenoxy) is 1. The van der Waals surface area contributed by atoms with E-state index in [0.717, 1.165) is 11.4 Å². The molecule has 122 valence electrons. The highest BCUT2D eigenvalue weighted by Gasteiger charge is 2.38. The summed E-state index contributed by atoms with van der Waals surface area (Å²) < 4.78 is 12.1. The van der Waals surface area contributed by atoms with E-state index in [1.807, 2.05) is 18.4 Å². The number of rotatable bonds is 3. The molecule has 7 nitrogen and oxygen atoms in total. The van der Waals surface area contributed by atoms with Gasteiger partial charge in [-0.05, 0) is 26.0 Å². The molecule has 1 amide bonds. The van der Waals surface area contributed by atoms with Crippen LogP contribution in [0.4, 0.5) is 0 Å². The van der Waals surface area contributed by atoms with Gasteiger partial charge in [0.25, 0.3) is 5.91 Å². The molecule has 1 aliphatic heterocycles. The molecule has 2 aromatic rings. The monoisotopic (exact) mass is 317 g/mol. The normalized spacial score (nSPS) is 17.2. The van der Waals surface area contributed by atoms with Crippen LogP contribution in [0.1, 0.15) is 41.8 Å². The maximum Gasteiger partial charge on any atom is 0.329 e. The molecule has 0 saturated carbocycles. The Hall–Kier alpha value is -2.57. The van der Waals surface area contributed by atoms with Crippen LogP contribution in [0, 0.1) is 0 Å². The van der Waals surface area contributed by atoms with Crippen LogP contribution in [0.5, 0.6) is 0 Å². The van der Waals surface area contributed by atoms with E-state index in [0.29, 0.717) is 13.0 Å². The van der Waals surface area contributed by atoms with Crippen LogP contribution in [0.15, 0.2) is 29.1 Å². The van der Waals surface area contributed by atoms with Gasteiger partial charge in [-0.15, -0.1) is 0 Å². The molecule has 0 aromatic carbocycles. The first-order chi connectivity index (χ1) is 11.0. The van der Waals surface area contributed by atoms with Crippen LogP contribution in [-0.2, 0) is 22.5 Å². The van der Waals surface area contributed by atoms with Crippen molar-refractivity contribution in [1.29, 1.82) is 0 Å². The highest BCUT2D eigenvalue weighted by atomic mass is 16.5. The maximum atomic E-state index is 12.7. The molecule has 1 atom stereocenters. The second-order valence-corrected chi connectivity index (χ2v) is 5.79. The third kappa shape index (κ3) is 2.62. The molecule has 23 heavy (non-hydrogen) atoms. The Morgan fingerprint density at radius 3 is 2.83 bits per heavy atom. The minimum atomic E-state index is -0.694. The molecule has 0 aliphatic carbocycles. The Morgan fingerprint density at radius 1 is 1.43 bits per heavy atom. The highest BCUT2D eigenvalue weighted by Crippen LogP contribution is 2.27. The quantitative estimate of drug-likeness (QED) is 0.807. The molecule has 1 aliphatic rings. The first-order valence-electron chi connectivity index (χ1n) is 7.49. The molecule has 0 fully saturated rings. The van der Waals surface area contributed by atoms with Crippen molar-refractivity contribution in [1.82, 2.24) is 14.5 Å². The standard InChI is InChI=1S/C16H19N3O4/c1-10(2)19-9-17-11-7-12(16(21)22-3)18(8-13(11)19)15(20)14-5-4-6-23-14/h4-6,9-10,12H,7-8H2,1-3H3/t12-/m0/s1. The number of aromatic nitrogens is 2. The van der Waals surface area contributed by atoms with Gasteiger partial charge >= 0.3 is 5.97 Å². The molecule has 0 bridgehead atoms. The van der Waals surface area contributed by atoms with E-state index in [4.69, 9.17) is 9.15 Å². The molecule has 0 N–H and O–H groups in total. The first-order valence-corrected chi connectivity index (χ1v) is 7.49. The highest BCUT2D eigenvalue weighted by molar-refractivity contribution is 5.94. The molecule has 0 unspecified atom stereocenters. The SMILES string of the molecule is COC(=O)[C@@H]1Cc2ncn(C(C)C)c2CN1C(=O)c1ccco1. The summed E-state index contributed by atoms with van der Waals surface area (Å²) in [5.41, 5.74) is 1.78. The zero-order chi connectivity index (χ0) is 16.6. The Morgan fingerprint density at radius 2 is 2.22 bits per heavy atom. The molecule has 3 rings (SSSR count). The van der Waals surface area contributed by atoms with Gasteiger partial charge in [-0.25, -0.2) is 9.78 Å². The fourth-order valence-electron chi connectivity index (χ4n) is 2.88. The van der Waals surface area contributed by atoms with Gasteiger partial charge in [0.1, 0.15) is 6.04 Å². The number of hydrogen-bond donors (Lipinski definition) is 0. The van der Waals surface area contributed by atoms with Gasteiger partial charge in [-0.1, -0.05) is 0 Å². The van der Waals surface area contributed by atoms with E-state index >= 15 is 0 Å². The lowest BCUT2D eigenvalue weighted by Gasteiger charge is -2.33. The minimum Gasteiger partial charge on any atom is -0.467 e. The summed E-state index contributed by atoms with van der Waals surface area (Å²) in [7, 11) is 1.32. The fourth-order valence-corrected chi connectivity index (χ4v) is 2.88. The summed E-state index contributed by atoms with van der Waals surface area (Å²) in [4.78, 5) is 30.7. The van der Waals surface area contributed by atoms with Crippen LogP contribution in [0.25, 0.3) is 0 Å². The number of amides is 1. The summed E-state index contributed by atoms with van der Waals surface area (Å²) in [6.45, 7) is 4.40. The summed E-state index contributed by atoms with van der Waals surface area (Å²) >= 11 is 0. The van der Waals surface area contributed by atoms with Crippen molar-refractivity contribution in [3.05, 3.63) is 41.9 Å². The summed E-state index contributed by atoms with van der Waals surface area (Å²) in [5, 5.41) is 0. The number of imidazole rings is 1. The lowest BCUT2D eigenvalue weighted by Crippen LogP contribution is -2.49. The molecule has 3 heterocycles. The Balaban J connectivity index is 1.99. The van der Waals surface area contributed by atoms with Gasteiger partial charge in [0.05, 0.1) is 37.6 Å². The zero-order valence-electron chi connectivity index (χ0n) is 13.4. The minimum absolute atomic E-state index is 0.206.